The van der Waals surface area contributed by atoms with Gasteiger partial charge >= 0.3 is 0 Å². The van der Waals surface area contributed by atoms with E-state index in [0.29, 0.717) is 18.5 Å². The smallest absolute Gasteiger partial charge is 0.204 e. The van der Waals surface area contributed by atoms with Crippen LogP contribution >= 0.6 is 37.2 Å². The van der Waals surface area contributed by atoms with Crippen LogP contribution in [0.25, 0.3) is 11.0 Å². The molecule has 1 aliphatic rings. The molecular weight excluding hydrogens is 463 g/mol. The molecular formula is C20H33Cl3N6O2. The Morgan fingerprint density at radius 3 is 2.39 bits per heavy atom. The number of hydrogen-bond donors (Lipinski definition) is 2. The first kappa shape index (κ1) is 29.5. The van der Waals surface area contributed by atoms with Gasteiger partial charge in [0.15, 0.2) is 5.89 Å². The lowest BCUT2D eigenvalue weighted by atomic mass is 10.1. The number of likely N-dealkylation sites (tertiary alicyclic amines) is 1. The number of nitrogens with two attached hydrogens (primary N) is 1. The maximum Gasteiger partial charge on any atom is 0.204 e. The minimum atomic E-state index is 0. The number of nitrogens with one attached hydrogen (secondary N) is 1. The lowest BCUT2D eigenvalue weighted by molar-refractivity contribution is 0.224. The van der Waals surface area contributed by atoms with Crippen LogP contribution in [0.4, 0.5) is 5.95 Å². The van der Waals surface area contributed by atoms with Gasteiger partial charge in [-0.05, 0) is 31.9 Å². The van der Waals surface area contributed by atoms with Crippen LogP contribution in [0, 0.1) is 13.8 Å². The third kappa shape index (κ3) is 6.71. The van der Waals surface area contributed by atoms with Gasteiger partial charge in [-0.3, -0.25) is 0 Å². The van der Waals surface area contributed by atoms with Gasteiger partial charge in [0.2, 0.25) is 5.95 Å². The number of imidazole rings is 1. The molecule has 0 aliphatic carbocycles. The summed E-state index contributed by atoms with van der Waals surface area (Å²) in [7, 11) is 0. The van der Waals surface area contributed by atoms with E-state index >= 15 is 0 Å². The van der Waals surface area contributed by atoms with Crippen LogP contribution in [0.1, 0.15) is 30.2 Å². The number of hydrogen-bond acceptors (Lipinski definition) is 6. The molecule has 2 aromatic heterocycles. The summed E-state index contributed by atoms with van der Waals surface area (Å²) in [5.41, 5.74) is 8.75. The van der Waals surface area contributed by atoms with Gasteiger partial charge in [0.1, 0.15) is 11.5 Å². The largest absolute Gasteiger partial charge is 0.446 e. The monoisotopic (exact) mass is 494 g/mol. The van der Waals surface area contributed by atoms with E-state index in [9.17, 15) is 0 Å². The molecule has 0 amide bonds. The molecule has 4 rings (SSSR count). The molecule has 1 saturated heterocycles. The summed E-state index contributed by atoms with van der Waals surface area (Å²) >= 11 is 0. The predicted octanol–water partition coefficient (Wildman–Crippen LogP) is 2.97. The third-order valence-corrected chi connectivity index (χ3v) is 5.33. The summed E-state index contributed by atoms with van der Waals surface area (Å²) in [6.45, 7) is 8.37. The van der Waals surface area contributed by atoms with Crippen molar-refractivity contribution in [2.45, 2.75) is 39.3 Å². The second-order valence-electron chi connectivity index (χ2n) is 7.29. The Balaban J connectivity index is 0.00000225. The quantitative estimate of drug-likeness (QED) is 0.543. The number of rotatable bonds is 6. The fraction of sp³-hybridized carbons (Fsp3) is 0.500. The molecule has 0 bridgehead atoms. The van der Waals surface area contributed by atoms with Gasteiger partial charge in [0.05, 0.1) is 17.6 Å². The molecule has 0 atom stereocenters. The zero-order chi connectivity index (χ0) is 18.8. The van der Waals surface area contributed by atoms with Crippen LogP contribution < -0.4 is 11.1 Å². The van der Waals surface area contributed by atoms with Gasteiger partial charge in [0.25, 0.3) is 0 Å². The Kier molecular flexibility index (Phi) is 12.4. The molecule has 0 saturated carbocycles. The Morgan fingerprint density at radius 1 is 1.10 bits per heavy atom. The van der Waals surface area contributed by atoms with E-state index in [1.807, 2.05) is 19.9 Å². The number of nitrogens with zero attached hydrogens (tertiary/aromatic N) is 4. The van der Waals surface area contributed by atoms with Crippen LogP contribution in [0.3, 0.4) is 0 Å². The average Bonchev–Trinajstić information content (AvgIpc) is 3.16. The van der Waals surface area contributed by atoms with E-state index < -0.39 is 0 Å². The van der Waals surface area contributed by atoms with Crippen LogP contribution in [0.5, 0.6) is 0 Å². The van der Waals surface area contributed by atoms with E-state index in [1.54, 1.807) is 0 Å². The maximum atomic E-state index is 5.68. The standard InChI is InChI=1S/C20H28N6O.3ClH.H2O/c1-14-18(22-15(2)27-14)13-26-19-6-4-3-5-17(19)24-20(26)23-16-7-10-25(11-8-16)12-9-21;;;;/h3-6,16H,7-13,21H2,1-2H3,(H,23,24);3*1H;1H2. The van der Waals surface area contributed by atoms with Gasteiger partial charge in [-0.25, -0.2) is 9.97 Å². The van der Waals surface area contributed by atoms with Crippen molar-refractivity contribution in [2.75, 3.05) is 31.5 Å². The van der Waals surface area contributed by atoms with Gasteiger partial charge in [0, 0.05) is 39.1 Å². The van der Waals surface area contributed by atoms with Gasteiger partial charge < -0.3 is 30.4 Å². The fourth-order valence-corrected chi connectivity index (χ4v) is 3.88. The van der Waals surface area contributed by atoms with Gasteiger partial charge in [-0.2, -0.15) is 0 Å². The van der Waals surface area contributed by atoms with E-state index in [-0.39, 0.29) is 42.7 Å². The number of fused-ring (bicyclic) bond motifs is 1. The van der Waals surface area contributed by atoms with E-state index in [2.05, 4.69) is 38.0 Å². The highest BCUT2D eigenvalue weighted by Gasteiger charge is 2.21. The lowest BCUT2D eigenvalue weighted by Crippen LogP contribution is -2.41. The van der Waals surface area contributed by atoms with Crippen molar-refractivity contribution in [2.24, 2.45) is 5.73 Å². The Labute approximate surface area is 201 Å². The minimum absolute atomic E-state index is 0. The normalized spacial score (nSPS) is 14.2. The molecule has 0 unspecified atom stereocenters. The molecule has 3 aromatic rings. The molecule has 176 valence electrons. The van der Waals surface area contributed by atoms with Crippen molar-refractivity contribution in [3.63, 3.8) is 0 Å². The highest BCUT2D eigenvalue weighted by molar-refractivity contribution is 5.86. The van der Waals surface area contributed by atoms with Gasteiger partial charge in [-0.1, -0.05) is 12.1 Å². The zero-order valence-corrected chi connectivity index (χ0v) is 20.3. The van der Waals surface area contributed by atoms with E-state index in [1.165, 1.54) is 0 Å². The van der Waals surface area contributed by atoms with Gasteiger partial charge in [-0.15, -0.1) is 37.2 Å². The summed E-state index contributed by atoms with van der Waals surface area (Å²) in [5, 5.41) is 3.68. The van der Waals surface area contributed by atoms with Crippen molar-refractivity contribution < 1.29 is 9.89 Å². The lowest BCUT2D eigenvalue weighted by Gasteiger charge is -2.32. The molecule has 1 aliphatic heterocycles. The molecule has 0 radical (unpaired) electrons. The Bertz CT molecular complexity index is 925. The average molecular weight is 496 g/mol. The molecule has 5 N–H and O–H groups in total. The highest BCUT2D eigenvalue weighted by atomic mass is 35.5. The first-order valence-electron chi connectivity index (χ1n) is 9.71. The minimum Gasteiger partial charge on any atom is -0.446 e. The summed E-state index contributed by atoms with van der Waals surface area (Å²) in [5.74, 6) is 2.48. The van der Waals surface area contributed by atoms with Crippen LogP contribution in [-0.2, 0) is 6.54 Å². The zero-order valence-electron chi connectivity index (χ0n) is 17.8. The SMILES string of the molecule is Cc1nc(Cn2c(NC3CCN(CCN)CC3)nc3ccccc32)c(C)o1.Cl.Cl.Cl.O. The van der Waals surface area contributed by atoms with Crippen molar-refractivity contribution in [3.05, 3.63) is 41.6 Å². The molecule has 8 nitrogen and oxygen atoms in total. The first-order chi connectivity index (χ1) is 13.1. The second-order valence-corrected chi connectivity index (χ2v) is 7.29. The molecule has 0 spiro atoms. The van der Waals surface area contributed by atoms with Crippen LogP contribution in [0.2, 0.25) is 0 Å². The second kappa shape index (κ2) is 13.1. The molecule has 11 heteroatoms. The predicted molar refractivity (Wildman–Crippen MR) is 132 cm³/mol. The number of piperidine rings is 1. The Hall–Kier alpha value is -1.55. The van der Waals surface area contributed by atoms with Crippen molar-refractivity contribution in [3.8, 4) is 0 Å². The molecule has 1 aromatic carbocycles. The maximum absolute atomic E-state index is 5.68. The summed E-state index contributed by atoms with van der Waals surface area (Å²) in [4.78, 5) is 11.8. The van der Waals surface area contributed by atoms with Crippen molar-refractivity contribution in [1.82, 2.24) is 19.4 Å². The number of anilines is 1. The van der Waals surface area contributed by atoms with Crippen LogP contribution in [-0.4, -0.2) is 57.1 Å². The fourth-order valence-electron chi connectivity index (χ4n) is 3.88. The topological polar surface area (TPSA) is 117 Å². The highest BCUT2D eigenvalue weighted by Crippen LogP contribution is 2.24. The van der Waals surface area contributed by atoms with Crippen molar-refractivity contribution in [1.29, 1.82) is 0 Å². The molecule has 1 fully saturated rings. The number of halogens is 3. The van der Waals surface area contributed by atoms with E-state index in [4.69, 9.17) is 15.1 Å². The van der Waals surface area contributed by atoms with Crippen molar-refractivity contribution >= 4 is 54.2 Å². The van der Waals surface area contributed by atoms with E-state index in [0.717, 1.165) is 67.5 Å². The molecule has 31 heavy (non-hydrogen) atoms. The Morgan fingerprint density at radius 2 is 1.77 bits per heavy atom. The number of oxazole rings is 1. The number of aryl methyl sites for hydroxylation is 2. The summed E-state index contributed by atoms with van der Waals surface area (Å²) in [6.07, 6.45) is 2.20. The number of para-hydroxylation sites is 2. The molecule has 3 heterocycles. The summed E-state index contributed by atoms with van der Waals surface area (Å²) < 4.78 is 7.83. The number of benzene rings is 1. The summed E-state index contributed by atoms with van der Waals surface area (Å²) in [6, 6.07) is 8.67. The first-order valence-corrected chi connectivity index (χ1v) is 9.71. The number of aromatic nitrogens is 3. The van der Waals surface area contributed by atoms with Crippen LogP contribution in [0.15, 0.2) is 28.7 Å². The third-order valence-electron chi connectivity index (χ3n) is 5.33.